The van der Waals surface area contributed by atoms with E-state index in [1.807, 2.05) is 32.0 Å². The highest BCUT2D eigenvalue weighted by Gasteiger charge is 2.14. The Morgan fingerprint density at radius 3 is 2.87 bits per heavy atom. The molecule has 0 bridgehead atoms. The molecule has 0 unspecified atom stereocenters. The van der Waals surface area contributed by atoms with E-state index in [1.54, 1.807) is 29.0 Å². The largest absolute Gasteiger partial charge is 0.379 e. The van der Waals surface area contributed by atoms with E-state index in [2.05, 4.69) is 15.3 Å². The van der Waals surface area contributed by atoms with E-state index >= 15 is 0 Å². The number of nitrogens with zero attached hydrogens (tertiary/aromatic N) is 3. The zero-order chi connectivity index (χ0) is 22.2. The number of hydrogen-bond acceptors (Lipinski definition) is 6. The van der Waals surface area contributed by atoms with Crippen molar-refractivity contribution in [1.82, 2.24) is 19.9 Å². The van der Waals surface area contributed by atoms with Crippen molar-refractivity contribution in [3.8, 4) is 0 Å². The van der Waals surface area contributed by atoms with Crippen molar-refractivity contribution < 1.29 is 9.53 Å². The molecule has 164 valence electrons. The van der Waals surface area contributed by atoms with Gasteiger partial charge in [-0.3, -0.25) is 19.1 Å². The maximum Gasteiger partial charge on any atom is 0.262 e. The molecule has 0 aliphatic heterocycles. The van der Waals surface area contributed by atoms with Crippen LogP contribution in [0.4, 0.5) is 0 Å². The molecule has 0 radical (unpaired) electrons. The molecule has 0 atom stereocenters. The van der Waals surface area contributed by atoms with Crippen LogP contribution < -0.4 is 10.9 Å². The highest BCUT2D eigenvalue weighted by molar-refractivity contribution is 7.99. The minimum absolute atomic E-state index is 0.130. The van der Waals surface area contributed by atoms with Crippen LogP contribution in [-0.4, -0.2) is 38.9 Å². The van der Waals surface area contributed by atoms with Crippen molar-refractivity contribution in [2.24, 2.45) is 0 Å². The van der Waals surface area contributed by atoms with Crippen LogP contribution in [0, 0.1) is 0 Å². The van der Waals surface area contributed by atoms with Gasteiger partial charge in [-0.05, 0) is 50.6 Å². The van der Waals surface area contributed by atoms with Crippen molar-refractivity contribution in [1.29, 1.82) is 0 Å². The van der Waals surface area contributed by atoms with Gasteiger partial charge in [0.2, 0.25) is 5.91 Å². The molecule has 7 nitrogen and oxygen atoms in total. The number of halogens is 1. The molecule has 31 heavy (non-hydrogen) atoms. The van der Waals surface area contributed by atoms with Gasteiger partial charge in [0.1, 0.15) is 0 Å². The standard InChI is InChI=1S/C22H25ClN4O3S/c1-15(2)30-11-5-10-27-21(29)18-8-7-16(23)12-19(18)26-22(27)31-14-20(28)25-13-17-6-3-4-9-24-17/h3-4,6-9,12,15H,5,10-11,13-14H2,1-2H3,(H,25,28). The lowest BCUT2D eigenvalue weighted by Gasteiger charge is -2.14. The molecule has 0 fully saturated rings. The Morgan fingerprint density at radius 2 is 2.13 bits per heavy atom. The Hall–Kier alpha value is -2.42. The number of rotatable bonds is 10. The lowest BCUT2D eigenvalue weighted by Crippen LogP contribution is -2.27. The van der Waals surface area contributed by atoms with Crippen LogP contribution in [0.1, 0.15) is 26.0 Å². The van der Waals surface area contributed by atoms with Crippen LogP contribution in [0.3, 0.4) is 0 Å². The highest BCUT2D eigenvalue weighted by atomic mass is 35.5. The first-order chi connectivity index (χ1) is 14.9. The number of aromatic nitrogens is 3. The summed E-state index contributed by atoms with van der Waals surface area (Å²) in [5.41, 5.74) is 1.15. The smallest absolute Gasteiger partial charge is 0.262 e. The molecule has 3 aromatic rings. The van der Waals surface area contributed by atoms with Crippen LogP contribution in [0.2, 0.25) is 5.02 Å². The molecule has 3 rings (SSSR count). The second kappa shape index (κ2) is 11.3. The van der Waals surface area contributed by atoms with E-state index in [4.69, 9.17) is 16.3 Å². The average molecular weight is 461 g/mol. The lowest BCUT2D eigenvalue weighted by molar-refractivity contribution is -0.118. The van der Waals surface area contributed by atoms with E-state index in [0.29, 0.717) is 47.2 Å². The van der Waals surface area contributed by atoms with Crippen molar-refractivity contribution in [3.05, 3.63) is 63.7 Å². The first-order valence-corrected chi connectivity index (χ1v) is 11.4. The fourth-order valence-corrected chi connectivity index (χ4v) is 3.92. The van der Waals surface area contributed by atoms with Crippen molar-refractivity contribution in [2.75, 3.05) is 12.4 Å². The van der Waals surface area contributed by atoms with Gasteiger partial charge in [0.25, 0.3) is 5.56 Å². The fraction of sp³-hybridized carbons (Fsp3) is 0.364. The molecule has 0 aliphatic carbocycles. The Morgan fingerprint density at radius 1 is 1.29 bits per heavy atom. The zero-order valence-corrected chi connectivity index (χ0v) is 19.1. The van der Waals surface area contributed by atoms with E-state index in [0.717, 1.165) is 5.69 Å². The molecule has 1 amide bonds. The predicted molar refractivity (Wildman–Crippen MR) is 124 cm³/mol. The second-order valence-corrected chi connectivity index (χ2v) is 8.55. The molecule has 2 aromatic heterocycles. The number of nitrogens with one attached hydrogen (secondary N) is 1. The Labute approximate surface area is 190 Å². The third kappa shape index (κ3) is 6.78. The normalized spacial score (nSPS) is 11.2. The number of thioether (sulfide) groups is 1. The Bertz CT molecular complexity index is 1090. The Kier molecular flexibility index (Phi) is 8.45. The molecule has 0 saturated heterocycles. The first kappa shape index (κ1) is 23.2. The number of ether oxygens (including phenoxy) is 1. The molecule has 2 heterocycles. The summed E-state index contributed by atoms with van der Waals surface area (Å²) in [4.78, 5) is 34.2. The zero-order valence-electron chi connectivity index (χ0n) is 17.5. The summed E-state index contributed by atoms with van der Waals surface area (Å²) < 4.78 is 7.20. The summed E-state index contributed by atoms with van der Waals surface area (Å²) in [5.74, 6) is -0.0285. The van der Waals surface area contributed by atoms with Gasteiger partial charge in [0.05, 0.1) is 35.0 Å². The van der Waals surface area contributed by atoms with Crippen LogP contribution in [0.25, 0.3) is 10.9 Å². The van der Waals surface area contributed by atoms with Crippen molar-refractivity contribution in [3.63, 3.8) is 0 Å². The number of fused-ring (bicyclic) bond motifs is 1. The molecule has 9 heteroatoms. The molecular formula is C22H25ClN4O3S. The Balaban J connectivity index is 1.73. The van der Waals surface area contributed by atoms with Crippen LogP contribution in [-0.2, 0) is 22.6 Å². The minimum atomic E-state index is -0.161. The van der Waals surface area contributed by atoms with Gasteiger partial charge in [-0.2, -0.15) is 0 Å². The molecule has 1 N–H and O–H groups in total. The van der Waals surface area contributed by atoms with Crippen LogP contribution in [0.5, 0.6) is 0 Å². The molecule has 0 saturated carbocycles. The third-order valence-electron chi connectivity index (χ3n) is 4.38. The summed E-state index contributed by atoms with van der Waals surface area (Å²) in [6.45, 7) is 5.28. The summed E-state index contributed by atoms with van der Waals surface area (Å²) in [7, 11) is 0. The summed E-state index contributed by atoms with van der Waals surface area (Å²) >= 11 is 7.30. The topological polar surface area (TPSA) is 86.1 Å². The molecule has 1 aromatic carbocycles. The SMILES string of the molecule is CC(C)OCCCn1c(SCC(=O)NCc2ccccn2)nc2cc(Cl)ccc2c1=O. The maximum atomic E-state index is 13.1. The fourth-order valence-electron chi connectivity index (χ4n) is 2.90. The number of carbonyl (C=O) groups is 1. The highest BCUT2D eigenvalue weighted by Crippen LogP contribution is 2.20. The van der Waals surface area contributed by atoms with Crippen LogP contribution in [0.15, 0.2) is 52.5 Å². The number of benzene rings is 1. The summed E-state index contributed by atoms with van der Waals surface area (Å²) in [5, 5.41) is 4.32. The quantitative estimate of drug-likeness (QED) is 0.282. The minimum Gasteiger partial charge on any atom is -0.379 e. The number of amides is 1. The number of carbonyl (C=O) groups excluding carboxylic acids is 1. The predicted octanol–water partition coefficient (Wildman–Crippen LogP) is 3.67. The van der Waals surface area contributed by atoms with E-state index in [-0.39, 0.29) is 23.3 Å². The van der Waals surface area contributed by atoms with Gasteiger partial charge < -0.3 is 10.1 Å². The average Bonchev–Trinajstić information content (AvgIpc) is 2.75. The number of pyridine rings is 1. The van der Waals surface area contributed by atoms with Gasteiger partial charge in [-0.1, -0.05) is 29.4 Å². The van der Waals surface area contributed by atoms with E-state index in [9.17, 15) is 9.59 Å². The van der Waals surface area contributed by atoms with Gasteiger partial charge in [-0.15, -0.1) is 0 Å². The van der Waals surface area contributed by atoms with Gasteiger partial charge in [0, 0.05) is 24.4 Å². The maximum absolute atomic E-state index is 13.1. The van der Waals surface area contributed by atoms with Crippen molar-refractivity contribution in [2.45, 2.75) is 44.6 Å². The third-order valence-corrected chi connectivity index (χ3v) is 5.60. The van der Waals surface area contributed by atoms with Gasteiger partial charge in [0.15, 0.2) is 5.16 Å². The lowest BCUT2D eigenvalue weighted by atomic mass is 10.2. The molecular weight excluding hydrogens is 436 g/mol. The van der Waals surface area contributed by atoms with E-state index < -0.39 is 0 Å². The summed E-state index contributed by atoms with van der Waals surface area (Å²) in [6, 6.07) is 10.6. The monoisotopic (exact) mass is 460 g/mol. The van der Waals surface area contributed by atoms with Crippen LogP contribution >= 0.6 is 23.4 Å². The van der Waals surface area contributed by atoms with E-state index in [1.165, 1.54) is 11.8 Å². The summed E-state index contributed by atoms with van der Waals surface area (Å²) in [6.07, 6.45) is 2.48. The van der Waals surface area contributed by atoms with Gasteiger partial charge >= 0.3 is 0 Å². The number of hydrogen-bond donors (Lipinski definition) is 1. The second-order valence-electron chi connectivity index (χ2n) is 7.17. The molecule has 0 spiro atoms. The van der Waals surface area contributed by atoms with Gasteiger partial charge in [-0.25, -0.2) is 4.98 Å². The first-order valence-electron chi connectivity index (χ1n) is 10.0. The molecule has 0 aliphatic rings. The van der Waals surface area contributed by atoms with Crippen molar-refractivity contribution >= 4 is 40.2 Å².